The molecule has 0 saturated carbocycles. The average molecular weight is 424 g/mol. The zero-order valence-electron chi connectivity index (χ0n) is 17.0. The molecule has 7 nitrogen and oxygen atoms in total. The van der Waals surface area contributed by atoms with E-state index < -0.39 is 24.1 Å². The van der Waals surface area contributed by atoms with Gasteiger partial charge in [-0.15, -0.1) is 0 Å². The van der Waals surface area contributed by atoms with Gasteiger partial charge in [0, 0.05) is 24.4 Å². The number of rotatable bonds is 9. The molecule has 0 aromatic heterocycles. The van der Waals surface area contributed by atoms with Crippen LogP contribution in [-0.4, -0.2) is 45.2 Å². The maximum atomic E-state index is 13.0. The van der Waals surface area contributed by atoms with Crippen LogP contribution in [0.3, 0.4) is 0 Å². The molecule has 8 heteroatoms. The molecule has 158 valence electrons. The van der Waals surface area contributed by atoms with Crippen LogP contribution in [0, 0.1) is 0 Å². The maximum Gasteiger partial charge on any atom is 0.336 e. The Bertz CT molecular complexity index is 798. The lowest BCUT2D eigenvalue weighted by Gasteiger charge is -2.32. The normalized spacial score (nSPS) is 16.3. The smallest absolute Gasteiger partial charge is 0.336 e. The van der Waals surface area contributed by atoms with Crippen molar-refractivity contribution in [3.63, 3.8) is 0 Å². The Balaban J connectivity index is 2.73. The van der Waals surface area contributed by atoms with Crippen molar-refractivity contribution in [1.29, 1.82) is 0 Å². The number of hydrogen-bond donors (Lipinski definition) is 1. The number of hydrogen-bond acceptors (Lipinski definition) is 7. The van der Waals surface area contributed by atoms with E-state index in [0.717, 1.165) is 0 Å². The van der Waals surface area contributed by atoms with Gasteiger partial charge < -0.3 is 24.3 Å². The second-order valence-corrected chi connectivity index (χ2v) is 6.39. The zero-order valence-corrected chi connectivity index (χ0v) is 17.7. The monoisotopic (exact) mass is 423 g/mol. The van der Waals surface area contributed by atoms with Crippen LogP contribution in [0.2, 0.25) is 5.02 Å². The molecule has 1 unspecified atom stereocenters. The van der Waals surface area contributed by atoms with Crippen LogP contribution in [0.15, 0.2) is 47.3 Å². The summed E-state index contributed by atoms with van der Waals surface area (Å²) in [7, 11) is 1.28. The molecule has 0 bridgehead atoms. The van der Waals surface area contributed by atoms with Gasteiger partial charge in [0.15, 0.2) is 6.29 Å². The summed E-state index contributed by atoms with van der Waals surface area (Å²) in [6.07, 6.45) is 0.646. The molecule has 29 heavy (non-hydrogen) atoms. The second kappa shape index (κ2) is 11.0. The lowest BCUT2D eigenvalue weighted by Crippen LogP contribution is -2.37. The molecule has 0 saturated heterocycles. The van der Waals surface area contributed by atoms with Gasteiger partial charge in [-0.25, -0.2) is 9.59 Å². The quantitative estimate of drug-likeness (QED) is 0.482. The largest absolute Gasteiger partial charge is 0.466 e. The number of carbonyl (C=O) groups is 2. The fourth-order valence-electron chi connectivity index (χ4n) is 3.10. The number of esters is 2. The van der Waals surface area contributed by atoms with Gasteiger partial charge in [-0.3, -0.25) is 0 Å². The maximum absolute atomic E-state index is 13.0. The molecule has 0 aliphatic carbocycles. The van der Waals surface area contributed by atoms with E-state index in [1.54, 1.807) is 31.2 Å². The Morgan fingerprint density at radius 1 is 1.07 bits per heavy atom. The predicted molar refractivity (Wildman–Crippen MR) is 108 cm³/mol. The third-order valence-electron chi connectivity index (χ3n) is 4.28. The average Bonchev–Trinajstić information content (AvgIpc) is 2.72. The molecule has 0 spiro atoms. The first-order valence-corrected chi connectivity index (χ1v) is 9.81. The molecule has 0 amide bonds. The highest BCUT2D eigenvalue weighted by molar-refractivity contribution is 6.31. The van der Waals surface area contributed by atoms with E-state index >= 15 is 0 Å². The van der Waals surface area contributed by atoms with Gasteiger partial charge in [-0.2, -0.15) is 0 Å². The van der Waals surface area contributed by atoms with Crippen LogP contribution >= 0.6 is 11.6 Å². The molecular formula is C21H26ClNO6. The number of carbonyl (C=O) groups excluding carboxylic acids is 2. The van der Waals surface area contributed by atoms with Crippen LogP contribution in [-0.2, 0) is 28.5 Å². The third-order valence-corrected chi connectivity index (χ3v) is 4.62. The van der Waals surface area contributed by atoms with Crippen molar-refractivity contribution in [3.05, 3.63) is 57.9 Å². The molecule has 1 heterocycles. The van der Waals surface area contributed by atoms with Crippen molar-refractivity contribution >= 4 is 23.5 Å². The van der Waals surface area contributed by atoms with Gasteiger partial charge >= 0.3 is 11.9 Å². The van der Waals surface area contributed by atoms with Gasteiger partial charge in [0.25, 0.3) is 0 Å². The SMILES string of the molecule is CCOC(=O)C1=C(C(OCC)OCC)NC=C(C(=O)OC)C1c1ccccc1Cl. The van der Waals surface area contributed by atoms with Crippen molar-refractivity contribution < 1.29 is 28.5 Å². The topological polar surface area (TPSA) is 83.1 Å². The van der Waals surface area contributed by atoms with Gasteiger partial charge in [0.05, 0.1) is 36.5 Å². The number of dihydropyridines is 1. The summed E-state index contributed by atoms with van der Waals surface area (Å²) >= 11 is 6.43. The molecule has 1 aromatic carbocycles. The second-order valence-electron chi connectivity index (χ2n) is 5.98. The van der Waals surface area contributed by atoms with Crippen molar-refractivity contribution in [1.82, 2.24) is 5.32 Å². The first kappa shape index (κ1) is 22.9. The molecule has 1 aromatic rings. The Kier molecular flexibility index (Phi) is 8.70. The molecule has 2 rings (SSSR count). The summed E-state index contributed by atoms with van der Waals surface area (Å²) in [5, 5.41) is 3.39. The van der Waals surface area contributed by atoms with Gasteiger partial charge in [-0.1, -0.05) is 29.8 Å². The van der Waals surface area contributed by atoms with Crippen molar-refractivity contribution in [2.45, 2.75) is 33.0 Å². The zero-order chi connectivity index (χ0) is 21.4. The molecule has 1 aliphatic rings. The third kappa shape index (κ3) is 5.18. The summed E-state index contributed by atoms with van der Waals surface area (Å²) in [5.74, 6) is -2.00. The number of nitrogens with one attached hydrogen (secondary N) is 1. The summed E-state index contributed by atoms with van der Waals surface area (Å²) in [4.78, 5) is 25.5. The predicted octanol–water partition coefficient (Wildman–Crippen LogP) is 3.30. The lowest BCUT2D eigenvalue weighted by atomic mass is 9.81. The van der Waals surface area contributed by atoms with Crippen LogP contribution in [0.4, 0.5) is 0 Å². The highest BCUT2D eigenvalue weighted by atomic mass is 35.5. The van der Waals surface area contributed by atoms with E-state index in [2.05, 4.69) is 5.32 Å². The minimum atomic E-state index is -0.843. The van der Waals surface area contributed by atoms with Crippen molar-refractivity contribution in [3.8, 4) is 0 Å². The summed E-state index contributed by atoms with van der Waals surface area (Å²) < 4.78 is 21.6. The van der Waals surface area contributed by atoms with E-state index in [9.17, 15) is 9.59 Å². The minimum absolute atomic E-state index is 0.163. The van der Waals surface area contributed by atoms with Crippen LogP contribution < -0.4 is 5.32 Å². The highest BCUT2D eigenvalue weighted by Crippen LogP contribution is 2.41. The minimum Gasteiger partial charge on any atom is -0.466 e. The Morgan fingerprint density at radius 3 is 2.28 bits per heavy atom. The fraction of sp³-hybridized carbons (Fsp3) is 0.429. The lowest BCUT2D eigenvalue weighted by molar-refractivity contribution is -0.140. The number of benzene rings is 1. The summed E-state index contributed by atoms with van der Waals surface area (Å²) in [6.45, 7) is 6.22. The van der Waals surface area contributed by atoms with Crippen LogP contribution in [0.1, 0.15) is 32.3 Å². The molecular weight excluding hydrogens is 398 g/mol. The van der Waals surface area contributed by atoms with Crippen LogP contribution in [0.25, 0.3) is 0 Å². The van der Waals surface area contributed by atoms with E-state index in [1.807, 2.05) is 13.8 Å². The number of halogens is 1. The first-order chi connectivity index (χ1) is 14.0. The standard InChI is InChI=1S/C21H26ClNO6/c1-5-27-20(25)17-16(13-10-8-9-11-15(13)22)14(19(24)26-4)12-23-18(17)21(28-6-2)29-7-3/h8-12,16,21,23H,5-7H2,1-4H3. The molecule has 0 radical (unpaired) electrons. The number of methoxy groups -OCH3 is 1. The molecule has 1 N–H and O–H groups in total. The van der Waals surface area contributed by atoms with E-state index in [0.29, 0.717) is 29.5 Å². The van der Waals surface area contributed by atoms with Gasteiger partial charge in [0.1, 0.15) is 0 Å². The number of ether oxygens (including phenoxy) is 4. The fourth-order valence-corrected chi connectivity index (χ4v) is 3.35. The van der Waals surface area contributed by atoms with E-state index in [1.165, 1.54) is 13.3 Å². The summed E-state index contributed by atoms with van der Waals surface area (Å²) in [6, 6.07) is 7.00. The van der Waals surface area contributed by atoms with Crippen molar-refractivity contribution in [2.24, 2.45) is 0 Å². The Morgan fingerprint density at radius 2 is 1.72 bits per heavy atom. The van der Waals surface area contributed by atoms with E-state index in [4.69, 9.17) is 30.5 Å². The van der Waals surface area contributed by atoms with Gasteiger partial charge in [-0.05, 0) is 32.4 Å². The van der Waals surface area contributed by atoms with E-state index in [-0.39, 0.29) is 17.8 Å². The first-order valence-electron chi connectivity index (χ1n) is 9.43. The van der Waals surface area contributed by atoms with Gasteiger partial charge in [0.2, 0.25) is 0 Å². The molecule has 0 fully saturated rings. The Hall–Kier alpha value is -2.35. The molecule has 1 atom stereocenters. The van der Waals surface area contributed by atoms with Crippen molar-refractivity contribution in [2.75, 3.05) is 26.9 Å². The highest BCUT2D eigenvalue weighted by Gasteiger charge is 2.40. The Labute approximate surface area is 175 Å². The van der Waals surface area contributed by atoms with Crippen LogP contribution in [0.5, 0.6) is 0 Å². The molecule has 1 aliphatic heterocycles. The summed E-state index contributed by atoms with van der Waals surface area (Å²) in [5.41, 5.74) is 1.35.